The van der Waals surface area contributed by atoms with Gasteiger partial charge in [-0.25, -0.2) is 0 Å². The molecular weight excluding hydrogens is 260 g/mol. The molecule has 7 heteroatoms. The first kappa shape index (κ1) is 14.8. The minimum Gasteiger partial charge on any atom is -0.395 e. The number of hydrogen-bond acceptors (Lipinski definition) is 5. The maximum atomic E-state index is 10.6. The molecular formula is C11H15ClN2O4. The van der Waals surface area contributed by atoms with E-state index in [4.69, 9.17) is 21.4 Å². The van der Waals surface area contributed by atoms with E-state index < -0.39 is 4.92 Å². The second-order valence-corrected chi connectivity index (χ2v) is 4.16. The van der Waals surface area contributed by atoms with E-state index in [1.807, 2.05) is 0 Å². The zero-order valence-electron chi connectivity index (χ0n) is 9.93. The summed E-state index contributed by atoms with van der Waals surface area (Å²) in [6, 6.07) is 4.02. The highest BCUT2D eigenvalue weighted by Gasteiger charge is 2.11. The molecule has 2 N–H and O–H groups in total. The molecule has 1 aromatic carbocycles. The minimum atomic E-state index is -0.474. The van der Waals surface area contributed by atoms with Gasteiger partial charge in [0.2, 0.25) is 0 Å². The molecule has 0 aliphatic rings. The third-order valence-corrected chi connectivity index (χ3v) is 2.78. The maximum Gasteiger partial charge on any atom is 0.269 e. The third kappa shape index (κ3) is 4.23. The van der Waals surface area contributed by atoms with Gasteiger partial charge in [0.1, 0.15) is 0 Å². The molecule has 1 rings (SSSR count). The number of nitro groups is 1. The van der Waals surface area contributed by atoms with Crippen molar-refractivity contribution in [3.05, 3.63) is 38.9 Å². The average Bonchev–Trinajstić information content (AvgIpc) is 2.35. The fourth-order valence-corrected chi connectivity index (χ4v) is 1.63. The van der Waals surface area contributed by atoms with Gasteiger partial charge in [-0.2, -0.15) is 0 Å². The van der Waals surface area contributed by atoms with Gasteiger partial charge in [-0.1, -0.05) is 11.6 Å². The van der Waals surface area contributed by atoms with Crippen molar-refractivity contribution < 1.29 is 14.8 Å². The van der Waals surface area contributed by atoms with Gasteiger partial charge in [0.15, 0.2) is 0 Å². The van der Waals surface area contributed by atoms with Gasteiger partial charge < -0.3 is 15.2 Å². The number of aliphatic hydroxyl groups excluding tert-OH is 1. The molecule has 0 aliphatic carbocycles. The smallest absolute Gasteiger partial charge is 0.269 e. The van der Waals surface area contributed by atoms with Gasteiger partial charge in [0.05, 0.1) is 24.2 Å². The van der Waals surface area contributed by atoms with Crippen LogP contribution in [-0.2, 0) is 11.3 Å². The topological polar surface area (TPSA) is 84.6 Å². The lowest BCUT2D eigenvalue weighted by Gasteiger charge is -2.15. The van der Waals surface area contributed by atoms with Crippen molar-refractivity contribution >= 4 is 17.3 Å². The summed E-state index contributed by atoms with van der Waals surface area (Å²) in [6.07, 6.45) is 0. The number of nitrogens with one attached hydrogen (secondary N) is 1. The molecule has 1 aromatic rings. The lowest BCUT2D eigenvalue weighted by molar-refractivity contribution is -0.384. The molecule has 1 atom stereocenters. The summed E-state index contributed by atoms with van der Waals surface area (Å²) < 4.78 is 4.91. The van der Waals surface area contributed by atoms with Crippen molar-refractivity contribution in [3.8, 4) is 0 Å². The van der Waals surface area contributed by atoms with Crippen LogP contribution in [0.4, 0.5) is 5.69 Å². The Bertz CT molecular complexity index is 414. The molecule has 18 heavy (non-hydrogen) atoms. The molecule has 0 radical (unpaired) electrons. The predicted octanol–water partition coefficient (Wildman–Crippen LogP) is 1.35. The summed E-state index contributed by atoms with van der Waals surface area (Å²) in [6.45, 7) is 0.596. The van der Waals surface area contributed by atoms with Crippen molar-refractivity contribution in [3.63, 3.8) is 0 Å². The van der Waals surface area contributed by atoms with E-state index in [9.17, 15) is 10.1 Å². The number of nitro benzene ring substituents is 1. The van der Waals surface area contributed by atoms with Crippen LogP contribution < -0.4 is 5.32 Å². The molecule has 0 bridgehead atoms. The average molecular weight is 275 g/mol. The number of non-ortho nitro benzene ring substituents is 1. The van der Waals surface area contributed by atoms with Crippen LogP contribution in [0.1, 0.15) is 5.56 Å². The summed E-state index contributed by atoms with van der Waals surface area (Å²) in [5, 5.41) is 23.2. The van der Waals surface area contributed by atoms with Gasteiger partial charge in [-0.15, -0.1) is 0 Å². The van der Waals surface area contributed by atoms with E-state index >= 15 is 0 Å². The van der Waals surface area contributed by atoms with Gasteiger partial charge in [-0.3, -0.25) is 10.1 Å². The first-order valence-electron chi connectivity index (χ1n) is 5.34. The highest BCUT2D eigenvalue weighted by atomic mass is 35.5. The van der Waals surface area contributed by atoms with Gasteiger partial charge in [0, 0.05) is 30.8 Å². The Morgan fingerprint density at radius 1 is 1.61 bits per heavy atom. The third-order valence-electron chi connectivity index (χ3n) is 2.41. The van der Waals surface area contributed by atoms with Crippen molar-refractivity contribution in [2.24, 2.45) is 0 Å². The van der Waals surface area contributed by atoms with Crippen LogP contribution in [-0.4, -0.2) is 36.4 Å². The van der Waals surface area contributed by atoms with Crippen LogP contribution in [0.2, 0.25) is 5.02 Å². The quantitative estimate of drug-likeness (QED) is 0.579. The molecule has 1 unspecified atom stereocenters. The zero-order chi connectivity index (χ0) is 13.5. The second-order valence-electron chi connectivity index (χ2n) is 3.75. The van der Waals surface area contributed by atoms with Gasteiger partial charge in [-0.05, 0) is 11.6 Å². The number of benzene rings is 1. The Labute approximate surface area is 110 Å². The summed E-state index contributed by atoms with van der Waals surface area (Å²) >= 11 is 5.95. The Hall–Kier alpha value is -1.21. The SMILES string of the molecule is COCC(CO)NCc1cc([N+](=O)[O-])ccc1Cl. The highest BCUT2D eigenvalue weighted by Crippen LogP contribution is 2.21. The molecule has 0 fully saturated rings. The lowest BCUT2D eigenvalue weighted by atomic mass is 10.2. The monoisotopic (exact) mass is 274 g/mol. The van der Waals surface area contributed by atoms with Crippen LogP contribution in [0.15, 0.2) is 18.2 Å². The van der Waals surface area contributed by atoms with Crippen molar-refractivity contribution in [1.82, 2.24) is 5.32 Å². The zero-order valence-corrected chi connectivity index (χ0v) is 10.7. The van der Waals surface area contributed by atoms with Crippen LogP contribution in [0.5, 0.6) is 0 Å². The molecule has 0 saturated heterocycles. The number of nitrogens with zero attached hydrogens (tertiary/aromatic N) is 1. The van der Waals surface area contributed by atoms with E-state index in [-0.39, 0.29) is 18.3 Å². The Morgan fingerprint density at radius 3 is 2.89 bits per heavy atom. The fraction of sp³-hybridized carbons (Fsp3) is 0.455. The van der Waals surface area contributed by atoms with E-state index in [2.05, 4.69) is 5.32 Å². The summed E-state index contributed by atoms with van der Waals surface area (Å²) in [5.41, 5.74) is 0.601. The fourth-order valence-electron chi connectivity index (χ4n) is 1.44. The Morgan fingerprint density at radius 2 is 2.33 bits per heavy atom. The van der Waals surface area contributed by atoms with E-state index in [1.165, 1.54) is 25.3 Å². The van der Waals surface area contributed by atoms with E-state index in [0.717, 1.165) is 0 Å². The number of methoxy groups -OCH3 is 1. The molecule has 0 amide bonds. The molecule has 100 valence electrons. The predicted molar refractivity (Wildman–Crippen MR) is 67.7 cm³/mol. The normalized spacial score (nSPS) is 12.4. The van der Waals surface area contributed by atoms with Crippen LogP contribution in [0.25, 0.3) is 0 Å². The number of halogens is 1. The number of ether oxygens (including phenoxy) is 1. The number of rotatable bonds is 7. The molecule has 0 spiro atoms. The molecule has 0 heterocycles. The van der Waals surface area contributed by atoms with Crippen LogP contribution >= 0.6 is 11.6 Å². The largest absolute Gasteiger partial charge is 0.395 e. The Kier molecular flexibility index (Phi) is 6.00. The highest BCUT2D eigenvalue weighted by molar-refractivity contribution is 6.31. The van der Waals surface area contributed by atoms with Gasteiger partial charge >= 0.3 is 0 Å². The Balaban J connectivity index is 2.71. The number of aliphatic hydroxyl groups is 1. The summed E-state index contributed by atoms with van der Waals surface area (Å²) in [7, 11) is 1.53. The summed E-state index contributed by atoms with van der Waals surface area (Å²) in [5.74, 6) is 0. The second kappa shape index (κ2) is 7.27. The van der Waals surface area contributed by atoms with Crippen LogP contribution in [0, 0.1) is 10.1 Å². The van der Waals surface area contributed by atoms with E-state index in [1.54, 1.807) is 0 Å². The number of hydrogen-bond donors (Lipinski definition) is 2. The van der Waals surface area contributed by atoms with Crippen LogP contribution in [0.3, 0.4) is 0 Å². The first-order valence-corrected chi connectivity index (χ1v) is 5.72. The minimum absolute atomic E-state index is 0.0107. The molecule has 0 aromatic heterocycles. The van der Waals surface area contributed by atoms with Crippen molar-refractivity contribution in [2.45, 2.75) is 12.6 Å². The molecule has 0 aliphatic heterocycles. The van der Waals surface area contributed by atoms with Crippen molar-refractivity contribution in [2.75, 3.05) is 20.3 Å². The van der Waals surface area contributed by atoms with Crippen molar-refractivity contribution in [1.29, 1.82) is 0 Å². The van der Waals surface area contributed by atoms with Gasteiger partial charge in [0.25, 0.3) is 5.69 Å². The molecule has 0 saturated carbocycles. The van der Waals surface area contributed by atoms with E-state index in [0.29, 0.717) is 23.7 Å². The maximum absolute atomic E-state index is 10.6. The summed E-state index contributed by atoms with van der Waals surface area (Å²) in [4.78, 5) is 10.2. The standard InChI is InChI=1S/C11H15ClN2O4/c1-18-7-9(6-15)13-5-8-4-10(14(16)17)2-3-11(8)12/h2-4,9,13,15H,5-7H2,1H3. The lowest BCUT2D eigenvalue weighted by Crippen LogP contribution is -2.35. The first-order chi connectivity index (χ1) is 8.58. The molecule has 6 nitrogen and oxygen atoms in total.